The molecule has 0 atom stereocenters. The molecule has 0 aliphatic carbocycles. The van der Waals surface area contributed by atoms with Gasteiger partial charge in [0.05, 0.1) is 30.2 Å². The van der Waals surface area contributed by atoms with Crippen molar-refractivity contribution in [1.82, 2.24) is 9.97 Å². The van der Waals surface area contributed by atoms with E-state index in [9.17, 15) is 0 Å². The first-order chi connectivity index (χ1) is 17.3. The lowest BCUT2D eigenvalue weighted by Crippen LogP contribution is -2.21. The number of nitrogens with zero attached hydrogens (tertiary/aromatic N) is 2. The molecule has 1 saturated heterocycles. The minimum atomic E-state index is 0.309. The molecule has 180 valence electrons. The predicted molar refractivity (Wildman–Crippen MR) is 135 cm³/mol. The van der Waals surface area contributed by atoms with E-state index in [4.69, 9.17) is 23.9 Å². The van der Waals surface area contributed by atoms with E-state index in [2.05, 4.69) is 17.1 Å². The van der Waals surface area contributed by atoms with E-state index in [1.165, 1.54) is 0 Å². The van der Waals surface area contributed by atoms with E-state index in [0.717, 1.165) is 59.5 Å². The molecule has 1 aliphatic rings. The summed E-state index contributed by atoms with van der Waals surface area (Å²) in [5.74, 6) is 2.72. The standard InChI is InChI=1S/C29H30N2O4/c1-21-28(20-34-25-15-24(16-30-17-25)33-18-23-11-13-32-14-12-23)31-27-10-6-5-9-26(27)29(21)35-19-22-7-3-2-4-8-22/h2-10,15-17,23H,11-14,18-20H2,1H3. The third kappa shape index (κ3) is 5.89. The van der Waals surface area contributed by atoms with Gasteiger partial charge < -0.3 is 18.9 Å². The second-order valence-corrected chi connectivity index (χ2v) is 8.82. The van der Waals surface area contributed by atoms with Crippen molar-refractivity contribution in [3.05, 3.63) is 89.9 Å². The molecule has 0 amide bonds. The molecule has 2 aromatic carbocycles. The van der Waals surface area contributed by atoms with Crippen molar-refractivity contribution in [2.45, 2.75) is 33.0 Å². The fraction of sp³-hybridized carbons (Fsp3) is 0.310. The average Bonchev–Trinajstić information content (AvgIpc) is 2.92. The molecule has 6 nitrogen and oxygen atoms in total. The number of ether oxygens (including phenoxy) is 4. The monoisotopic (exact) mass is 470 g/mol. The highest BCUT2D eigenvalue weighted by molar-refractivity contribution is 5.86. The van der Waals surface area contributed by atoms with Crippen LogP contribution in [0.1, 0.15) is 29.7 Å². The number of aromatic nitrogens is 2. The third-order valence-electron chi connectivity index (χ3n) is 6.29. The minimum Gasteiger partial charge on any atom is -0.492 e. The van der Waals surface area contributed by atoms with E-state index in [0.29, 0.717) is 37.2 Å². The Morgan fingerprint density at radius 3 is 2.43 bits per heavy atom. The number of rotatable bonds is 9. The molecule has 0 radical (unpaired) electrons. The van der Waals surface area contributed by atoms with Crippen LogP contribution >= 0.6 is 0 Å². The molecule has 0 spiro atoms. The summed E-state index contributed by atoms with van der Waals surface area (Å²) in [5, 5.41) is 0.995. The van der Waals surface area contributed by atoms with Gasteiger partial charge in [0.15, 0.2) is 0 Å². The maximum Gasteiger partial charge on any atom is 0.141 e. The first-order valence-electron chi connectivity index (χ1n) is 12.1. The van der Waals surface area contributed by atoms with Crippen LogP contribution in [0.3, 0.4) is 0 Å². The molecular weight excluding hydrogens is 440 g/mol. The van der Waals surface area contributed by atoms with Crippen LogP contribution in [0.25, 0.3) is 10.9 Å². The van der Waals surface area contributed by atoms with Crippen molar-refractivity contribution in [3.63, 3.8) is 0 Å². The fourth-order valence-electron chi connectivity index (χ4n) is 4.22. The number of fused-ring (bicyclic) bond motifs is 1. The van der Waals surface area contributed by atoms with E-state index in [1.807, 2.05) is 55.5 Å². The molecule has 4 aromatic rings. The van der Waals surface area contributed by atoms with Crippen LogP contribution in [0.15, 0.2) is 73.1 Å². The first kappa shape index (κ1) is 23.1. The lowest BCUT2D eigenvalue weighted by atomic mass is 10.0. The maximum atomic E-state index is 6.30. The Kier molecular flexibility index (Phi) is 7.39. The quantitative estimate of drug-likeness (QED) is 0.303. The largest absolute Gasteiger partial charge is 0.492 e. The predicted octanol–water partition coefficient (Wildman–Crippen LogP) is 5.90. The molecule has 2 aromatic heterocycles. The summed E-state index contributed by atoms with van der Waals surface area (Å²) in [6.45, 7) is 5.12. The van der Waals surface area contributed by atoms with Gasteiger partial charge in [-0.15, -0.1) is 0 Å². The van der Waals surface area contributed by atoms with Crippen molar-refractivity contribution in [2.75, 3.05) is 19.8 Å². The lowest BCUT2D eigenvalue weighted by Gasteiger charge is -2.22. The first-order valence-corrected chi connectivity index (χ1v) is 12.1. The topological polar surface area (TPSA) is 62.7 Å². The number of hydrogen-bond acceptors (Lipinski definition) is 6. The van der Waals surface area contributed by atoms with Crippen LogP contribution in [0, 0.1) is 12.8 Å². The van der Waals surface area contributed by atoms with E-state index >= 15 is 0 Å². The Balaban J connectivity index is 1.29. The van der Waals surface area contributed by atoms with Gasteiger partial charge in [0.25, 0.3) is 0 Å². The molecule has 1 aliphatic heterocycles. The van der Waals surface area contributed by atoms with Gasteiger partial charge in [-0.1, -0.05) is 42.5 Å². The van der Waals surface area contributed by atoms with Crippen molar-refractivity contribution in [2.24, 2.45) is 5.92 Å². The van der Waals surface area contributed by atoms with Crippen LogP contribution in [0.5, 0.6) is 17.2 Å². The summed E-state index contributed by atoms with van der Waals surface area (Å²) in [6, 6.07) is 20.1. The summed E-state index contributed by atoms with van der Waals surface area (Å²) in [4.78, 5) is 9.15. The van der Waals surface area contributed by atoms with E-state index < -0.39 is 0 Å². The summed E-state index contributed by atoms with van der Waals surface area (Å²) >= 11 is 0. The Bertz CT molecular complexity index is 1260. The van der Waals surface area contributed by atoms with Crippen LogP contribution in [0.2, 0.25) is 0 Å². The van der Waals surface area contributed by atoms with Gasteiger partial charge in [0.2, 0.25) is 0 Å². The molecule has 5 rings (SSSR count). The number of para-hydroxylation sites is 1. The Labute approximate surface area is 205 Å². The Hall–Kier alpha value is -3.64. The Morgan fingerprint density at radius 1 is 0.857 bits per heavy atom. The van der Waals surface area contributed by atoms with E-state index in [1.54, 1.807) is 12.4 Å². The van der Waals surface area contributed by atoms with Crippen molar-refractivity contribution in [1.29, 1.82) is 0 Å². The normalized spacial score (nSPS) is 14.1. The minimum absolute atomic E-state index is 0.309. The van der Waals surface area contributed by atoms with Gasteiger partial charge in [0.1, 0.15) is 30.5 Å². The molecule has 1 fully saturated rings. The number of pyridine rings is 2. The second-order valence-electron chi connectivity index (χ2n) is 8.82. The molecule has 0 saturated carbocycles. The van der Waals surface area contributed by atoms with Gasteiger partial charge in [0, 0.05) is 30.2 Å². The van der Waals surface area contributed by atoms with Crippen molar-refractivity contribution < 1.29 is 18.9 Å². The molecule has 0 unspecified atom stereocenters. The molecule has 3 heterocycles. The Morgan fingerprint density at radius 2 is 1.60 bits per heavy atom. The summed E-state index contributed by atoms with van der Waals surface area (Å²) < 4.78 is 23.8. The van der Waals surface area contributed by atoms with Gasteiger partial charge >= 0.3 is 0 Å². The number of benzene rings is 2. The van der Waals surface area contributed by atoms with Crippen LogP contribution in [0.4, 0.5) is 0 Å². The van der Waals surface area contributed by atoms with Gasteiger partial charge in [-0.25, -0.2) is 4.98 Å². The molecule has 0 bridgehead atoms. The SMILES string of the molecule is Cc1c(COc2cncc(OCC3CCOCC3)c2)nc2ccccc2c1OCc1ccccc1. The van der Waals surface area contributed by atoms with Gasteiger partial charge in [-0.05, 0) is 43.4 Å². The molecule has 35 heavy (non-hydrogen) atoms. The summed E-state index contributed by atoms with van der Waals surface area (Å²) in [6.07, 6.45) is 5.49. The average molecular weight is 471 g/mol. The van der Waals surface area contributed by atoms with Crippen molar-refractivity contribution in [3.8, 4) is 17.2 Å². The summed E-state index contributed by atoms with van der Waals surface area (Å²) in [7, 11) is 0. The third-order valence-corrected chi connectivity index (χ3v) is 6.29. The highest BCUT2D eigenvalue weighted by Crippen LogP contribution is 2.32. The zero-order valence-corrected chi connectivity index (χ0v) is 20.0. The molecule has 6 heteroatoms. The number of hydrogen-bond donors (Lipinski definition) is 0. The van der Waals surface area contributed by atoms with Crippen LogP contribution in [-0.4, -0.2) is 29.8 Å². The highest BCUT2D eigenvalue weighted by Gasteiger charge is 2.16. The van der Waals surface area contributed by atoms with Crippen molar-refractivity contribution >= 4 is 10.9 Å². The highest BCUT2D eigenvalue weighted by atomic mass is 16.5. The van der Waals surface area contributed by atoms with Gasteiger partial charge in [-0.2, -0.15) is 0 Å². The second kappa shape index (κ2) is 11.2. The van der Waals surface area contributed by atoms with Gasteiger partial charge in [-0.3, -0.25) is 4.98 Å². The molecule has 0 N–H and O–H groups in total. The smallest absolute Gasteiger partial charge is 0.141 e. The lowest BCUT2D eigenvalue weighted by molar-refractivity contribution is 0.0496. The van der Waals surface area contributed by atoms with Crippen LogP contribution < -0.4 is 14.2 Å². The van der Waals surface area contributed by atoms with E-state index in [-0.39, 0.29) is 0 Å². The summed E-state index contributed by atoms with van der Waals surface area (Å²) in [5.41, 5.74) is 3.81. The molecular formula is C29H30N2O4. The van der Waals surface area contributed by atoms with Crippen LogP contribution in [-0.2, 0) is 18.0 Å². The zero-order chi connectivity index (χ0) is 23.9. The fourth-order valence-corrected chi connectivity index (χ4v) is 4.22. The maximum absolute atomic E-state index is 6.30. The zero-order valence-electron chi connectivity index (χ0n) is 20.0.